The van der Waals surface area contributed by atoms with E-state index in [-0.39, 0.29) is 11.8 Å². The highest BCUT2D eigenvalue weighted by molar-refractivity contribution is 5.78. The molecule has 0 bridgehead atoms. The lowest BCUT2D eigenvalue weighted by Crippen LogP contribution is -2.35. The summed E-state index contributed by atoms with van der Waals surface area (Å²) >= 11 is 0. The summed E-state index contributed by atoms with van der Waals surface area (Å²) in [6.45, 7) is 6.88. The van der Waals surface area contributed by atoms with Crippen molar-refractivity contribution in [2.24, 2.45) is 17.6 Å². The summed E-state index contributed by atoms with van der Waals surface area (Å²) in [4.78, 5) is 11.9. The normalized spacial score (nSPS) is 12.8. The van der Waals surface area contributed by atoms with Crippen LogP contribution in [0.15, 0.2) is 16.5 Å². The van der Waals surface area contributed by atoms with Crippen molar-refractivity contribution in [2.45, 2.75) is 33.7 Å². The van der Waals surface area contributed by atoms with E-state index in [4.69, 9.17) is 10.2 Å². The standard InChI is InChI=1S/C13H22N2O2/c1-9(2)6-11(7-14)13(16)15-8-12-5-4-10(3)17-12/h4-5,9,11H,6-8,14H2,1-3H3,(H,15,16). The van der Waals surface area contributed by atoms with E-state index < -0.39 is 0 Å². The molecule has 0 aliphatic carbocycles. The Morgan fingerprint density at radius 2 is 2.18 bits per heavy atom. The second-order valence-electron chi connectivity index (χ2n) is 4.79. The highest BCUT2D eigenvalue weighted by atomic mass is 16.3. The number of hydrogen-bond acceptors (Lipinski definition) is 3. The fourth-order valence-electron chi connectivity index (χ4n) is 1.78. The van der Waals surface area contributed by atoms with Gasteiger partial charge in [-0.15, -0.1) is 0 Å². The first kappa shape index (κ1) is 13.8. The van der Waals surface area contributed by atoms with Crippen molar-refractivity contribution in [2.75, 3.05) is 6.54 Å². The second-order valence-corrected chi connectivity index (χ2v) is 4.79. The number of aryl methyl sites for hydroxylation is 1. The Morgan fingerprint density at radius 3 is 2.65 bits per heavy atom. The Hall–Kier alpha value is -1.29. The number of carbonyl (C=O) groups is 1. The molecule has 0 aromatic carbocycles. The molecule has 0 saturated heterocycles. The molecule has 4 nitrogen and oxygen atoms in total. The zero-order valence-corrected chi connectivity index (χ0v) is 10.8. The summed E-state index contributed by atoms with van der Waals surface area (Å²) in [7, 11) is 0. The van der Waals surface area contributed by atoms with Crippen LogP contribution < -0.4 is 11.1 Å². The summed E-state index contributed by atoms with van der Waals surface area (Å²) in [6.07, 6.45) is 0.819. The first-order chi connectivity index (χ1) is 8.02. The van der Waals surface area contributed by atoms with E-state index in [0.29, 0.717) is 19.0 Å². The van der Waals surface area contributed by atoms with E-state index in [2.05, 4.69) is 19.2 Å². The van der Waals surface area contributed by atoms with E-state index >= 15 is 0 Å². The molecule has 1 aromatic heterocycles. The quantitative estimate of drug-likeness (QED) is 0.794. The van der Waals surface area contributed by atoms with E-state index in [1.165, 1.54) is 0 Å². The summed E-state index contributed by atoms with van der Waals surface area (Å²) in [5.74, 6) is 2.00. The van der Waals surface area contributed by atoms with Gasteiger partial charge in [-0.2, -0.15) is 0 Å². The minimum absolute atomic E-state index is 0.00949. The van der Waals surface area contributed by atoms with Crippen LogP contribution in [0.2, 0.25) is 0 Å². The minimum Gasteiger partial charge on any atom is -0.465 e. The Labute approximate surface area is 103 Å². The number of amides is 1. The molecular formula is C13H22N2O2. The average Bonchev–Trinajstić information content (AvgIpc) is 2.68. The molecule has 1 amide bonds. The molecule has 0 fully saturated rings. The predicted molar refractivity (Wildman–Crippen MR) is 67.3 cm³/mol. The highest BCUT2D eigenvalue weighted by Crippen LogP contribution is 2.11. The Bertz CT molecular complexity index is 358. The van der Waals surface area contributed by atoms with Gasteiger partial charge in [-0.3, -0.25) is 4.79 Å². The van der Waals surface area contributed by atoms with Crippen molar-refractivity contribution < 1.29 is 9.21 Å². The van der Waals surface area contributed by atoms with Gasteiger partial charge in [0.25, 0.3) is 0 Å². The number of furan rings is 1. The third-order valence-electron chi connectivity index (χ3n) is 2.64. The van der Waals surface area contributed by atoms with Crippen LogP contribution >= 0.6 is 0 Å². The van der Waals surface area contributed by atoms with Crippen molar-refractivity contribution in [3.63, 3.8) is 0 Å². The van der Waals surface area contributed by atoms with E-state index in [0.717, 1.165) is 17.9 Å². The van der Waals surface area contributed by atoms with Crippen LogP contribution in [-0.2, 0) is 11.3 Å². The van der Waals surface area contributed by atoms with Crippen molar-refractivity contribution >= 4 is 5.91 Å². The van der Waals surface area contributed by atoms with Gasteiger partial charge < -0.3 is 15.5 Å². The van der Waals surface area contributed by atoms with Gasteiger partial charge in [-0.25, -0.2) is 0 Å². The Morgan fingerprint density at radius 1 is 1.47 bits per heavy atom. The average molecular weight is 238 g/mol. The van der Waals surface area contributed by atoms with Gasteiger partial charge in [0.1, 0.15) is 11.5 Å². The van der Waals surface area contributed by atoms with E-state index in [1.54, 1.807) is 0 Å². The topological polar surface area (TPSA) is 68.3 Å². The summed E-state index contributed by atoms with van der Waals surface area (Å²) in [6, 6.07) is 3.76. The van der Waals surface area contributed by atoms with Crippen LogP contribution in [0.1, 0.15) is 31.8 Å². The van der Waals surface area contributed by atoms with Crippen LogP contribution in [0.4, 0.5) is 0 Å². The molecule has 1 rings (SSSR count). The summed E-state index contributed by atoms with van der Waals surface area (Å²) in [5, 5.41) is 2.86. The maximum atomic E-state index is 11.9. The first-order valence-electron chi connectivity index (χ1n) is 6.06. The molecule has 0 aliphatic rings. The van der Waals surface area contributed by atoms with E-state index in [1.807, 2.05) is 19.1 Å². The van der Waals surface area contributed by atoms with Crippen molar-refractivity contribution in [3.05, 3.63) is 23.7 Å². The van der Waals surface area contributed by atoms with Crippen LogP contribution in [0, 0.1) is 18.8 Å². The lowest BCUT2D eigenvalue weighted by atomic mass is 9.96. The number of nitrogens with one attached hydrogen (secondary N) is 1. The number of hydrogen-bond donors (Lipinski definition) is 2. The molecule has 4 heteroatoms. The van der Waals surface area contributed by atoms with Gasteiger partial charge in [0.05, 0.1) is 12.5 Å². The number of nitrogens with two attached hydrogens (primary N) is 1. The second kappa shape index (κ2) is 6.45. The Balaban J connectivity index is 2.42. The molecule has 3 N–H and O–H groups in total. The molecule has 0 radical (unpaired) electrons. The van der Waals surface area contributed by atoms with Crippen LogP contribution in [0.3, 0.4) is 0 Å². The molecule has 1 heterocycles. The Kier molecular flexibility index (Phi) is 5.22. The fraction of sp³-hybridized carbons (Fsp3) is 0.615. The van der Waals surface area contributed by atoms with Crippen molar-refractivity contribution in [1.82, 2.24) is 5.32 Å². The molecule has 1 atom stereocenters. The highest BCUT2D eigenvalue weighted by Gasteiger charge is 2.17. The molecule has 1 unspecified atom stereocenters. The zero-order valence-electron chi connectivity index (χ0n) is 10.8. The SMILES string of the molecule is Cc1ccc(CNC(=O)C(CN)CC(C)C)o1. The number of rotatable bonds is 6. The van der Waals surface area contributed by atoms with Crippen molar-refractivity contribution in [3.8, 4) is 0 Å². The molecule has 1 aromatic rings. The third kappa shape index (κ3) is 4.61. The van der Waals surface area contributed by atoms with Gasteiger partial charge in [0.15, 0.2) is 0 Å². The molecule has 0 saturated carbocycles. The van der Waals surface area contributed by atoms with Crippen molar-refractivity contribution in [1.29, 1.82) is 0 Å². The fourth-order valence-corrected chi connectivity index (χ4v) is 1.78. The summed E-state index contributed by atoms with van der Waals surface area (Å²) < 4.78 is 5.38. The largest absolute Gasteiger partial charge is 0.465 e. The molecule has 17 heavy (non-hydrogen) atoms. The smallest absolute Gasteiger partial charge is 0.224 e. The lowest BCUT2D eigenvalue weighted by Gasteiger charge is -2.16. The minimum atomic E-state index is -0.106. The third-order valence-corrected chi connectivity index (χ3v) is 2.64. The molecule has 0 spiro atoms. The van der Waals surface area contributed by atoms with Gasteiger partial charge >= 0.3 is 0 Å². The molecular weight excluding hydrogens is 216 g/mol. The predicted octanol–water partition coefficient (Wildman–Crippen LogP) is 1.83. The van der Waals surface area contributed by atoms with Crippen LogP contribution in [-0.4, -0.2) is 12.5 Å². The zero-order chi connectivity index (χ0) is 12.8. The maximum Gasteiger partial charge on any atom is 0.224 e. The van der Waals surface area contributed by atoms with Gasteiger partial charge in [0, 0.05) is 6.54 Å². The van der Waals surface area contributed by atoms with E-state index in [9.17, 15) is 4.79 Å². The summed E-state index contributed by atoms with van der Waals surface area (Å²) in [5.41, 5.74) is 5.61. The van der Waals surface area contributed by atoms with Crippen LogP contribution in [0.5, 0.6) is 0 Å². The first-order valence-corrected chi connectivity index (χ1v) is 6.06. The molecule has 0 aliphatic heterocycles. The van der Waals surface area contributed by atoms with Gasteiger partial charge in [0.2, 0.25) is 5.91 Å². The number of carbonyl (C=O) groups excluding carboxylic acids is 1. The lowest BCUT2D eigenvalue weighted by molar-refractivity contribution is -0.125. The maximum absolute atomic E-state index is 11.9. The molecule has 96 valence electrons. The van der Waals surface area contributed by atoms with Crippen LogP contribution in [0.25, 0.3) is 0 Å². The monoisotopic (exact) mass is 238 g/mol. The van der Waals surface area contributed by atoms with Gasteiger partial charge in [-0.1, -0.05) is 13.8 Å². The van der Waals surface area contributed by atoms with Gasteiger partial charge in [-0.05, 0) is 31.4 Å².